The average molecular weight is 457 g/mol. The normalized spacial score (nSPS) is 16.2. The summed E-state index contributed by atoms with van der Waals surface area (Å²) in [6.07, 6.45) is 0.385. The summed E-state index contributed by atoms with van der Waals surface area (Å²) in [7, 11) is 0. The Morgan fingerprint density at radius 1 is 0.909 bits per heavy atom. The number of nitrogens with zero attached hydrogens (tertiary/aromatic N) is 4. The van der Waals surface area contributed by atoms with E-state index >= 15 is 0 Å². The van der Waals surface area contributed by atoms with Crippen molar-refractivity contribution >= 4 is 34.1 Å². The van der Waals surface area contributed by atoms with E-state index in [-0.39, 0.29) is 11.9 Å². The third-order valence-electron chi connectivity index (χ3n) is 6.23. The van der Waals surface area contributed by atoms with Gasteiger partial charge in [-0.1, -0.05) is 78.3 Å². The van der Waals surface area contributed by atoms with E-state index in [1.165, 1.54) is 0 Å². The van der Waals surface area contributed by atoms with Gasteiger partial charge in [-0.3, -0.25) is 4.79 Å². The minimum Gasteiger partial charge on any atom is -0.351 e. The number of amides is 1. The molecule has 1 atom stereocenters. The second-order valence-corrected chi connectivity index (χ2v) is 8.91. The molecule has 1 fully saturated rings. The number of hydrogen-bond acceptors (Lipinski definition) is 4. The lowest BCUT2D eigenvalue weighted by Crippen LogP contribution is -2.54. The zero-order chi connectivity index (χ0) is 22.8. The van der Waals surface area contributed by atoms with E-state index in [2.05, 4.69) is 46.3 Å². The molecule has 1 aliphatic rings. The molecule has 5 rings (SSSR count). The van der Waals surface area contributed by atoms with E-state index in [4.69, 9.17) is 11.6 Å². The Morgan fingerprint density at radius 2 is 1.61 bits per heavy atom. The van der Waals surface area contributed by atoms with Crippen LogP contribution in [-0.2, 0) is 11.2 Å². The Bertz CT molecular complexity index is 1280. The van der Waals surface area contributed by atoms with Gasteiger partial charge in [0, 0.05) is 47.0 Å². The smallest absolute Gasteiger partial charge is 0.227 e. The summed E-state index contributed by atoms with van der Waals surface area (Å²) in [4.78, 5) is 17.2. The fourth-order valence-electron chi connectivity index (χ4n) is 4.53. The van der Waals surface area contributed by atoms with E-state index in [0.29, 0.717) is 18.0 Å². The van der Waals surface area contributed by atoms with Crippen LogP contribution in [0.25, 0.3) is 22.0 Å². The first-order valence-corrected chi connectivity index (χ1v) is 11.6. The standard InChI is InChI=1S/C27H25ClN4O/c1-19-18-31(15-16-32(19)25(33)17-20-11-13-22(28)14-12-20)27-24-10-6-5-9-23(24)26(29-30-27)21-7-3-2-4-8-21/h2-14,19H,15-18H2,1H3/t19-/m0/s1. The van der Waals surface area contributed by atoms with Crippen molar-refractivity contribution in [2.24, 2.45) is 0 Å². The van der Waals surface area contributed by atoms with Crippen LogP contribution < -0.4 is 4.90 Å². The molecule has 5 nitrogen and oxygen atoms in total. The summed E-state index contributed by atoms with van der Waals surface area (Å²) in [6, 6.07) is 26.0. The molecule has 0 saturated carbocycles. The predicted molar refractivity (Wildman–Crippen MR) is 134 cm³/mol. The van der Waals surface area contributed by atoms with Gasteiger partial charge in [0.15, 0.2) is 5.82 Å². The Kier molecular flexibility index (Phi) is 5.97. The highest BCUT2D eigenvalue weighted by atomic mass is 35.5. The number of rotatable bonds is 4. The third-order valence-corrected chi connectivity index (χ3v) is 6.48. The summed E-state index contributed by atoms with van der Waals surface area (Å²) >= 11 is 5.97. The molecule has 0 unspecified atom stereocenters. The SMILES string of the molecule is C[C@H]1CN(c2nnc(-c3ccccc3)c3ccccc23)CCN1C(=O)Cc1ccc(Cl)cc1. The van der Waals surface area contributed by atoms with Gasteiger partial charge in [-0.15, -0.1) is 10.2 Å². The third kappa shape index (κ3) is 4.41. The van der Waals surface area contributed by atoms with E-state index in [1.54, 1.807) is 0 Å². The maximum absolute atomic E-state index is 13.0. The predicted octanol–water partition coefficient (Wildman–Crippen LogP) is 5.23. The number of fused-ring (bicyclic) bond motifs is 1. The number of halogens is 1. The minimum atomic E-state index is 0.0768. The van der Waals surface area contributed by atoms with Crippen LogP contribution in [0.15, 0.2) is 78.9 Å². The van der Waals surface area contributed by atoms with Gasteiger partial charge in [0.05, 0.1) is 6.42 Å². The molecule has 0 aliphatic carbocycles. The van der Waals surface area contributed by atoms with E-state index in [1.807, 2.05) is 59.5 Å². The summed E-state index contributed by atoms with van der Waals surface area (Å²) in [6.45, 7) is 4.19. The van der Waals surface area contributed by atoms with Gasteiger partial charge in [-0.2, -0.15) is 0 Å². The lowest BCUT2D eigenvalue weighted by molar-refractivity contribution is -0.132. The molecule has 166 valence electrons. The molecule has 0 bridgehead atoms. The van der Waals surface area contributed by atoms with E-state index < -0.39 is 0 Å². The van der Waals surface area contributed by atoms with Gasteiger partial charge in [0.1, 0.15) is 5.69 Å². The molecule has 2 heterocycles. The largest absolute Gasteiger partial charge is 0.351 e. The Balaban J connectivity index is 1.37. The molecule has 1 aliphatic heterocycles. The van der Waals surface area contributed by atoms with Gasteiger partial charge < -0.3 is 9.80 Å². The molecular weight excluding hydrogens is 432 g/mol. The summed E-state index contributed by atoms with van der Waals surface area (Å²) < 4.78 is 0. The fraction of sp³-hybridized carbons (Fsp3) is 0.222. The lowest BCUT2D eigenvalue weighted by atomic mass is 10.0. The summed E-state index contributed by atoms with van der Waals surface area (Å²) in [5, 5.41) is 12.1. The van der Waals surface area contributed by atoms with Crippen LogP contribution in [0.5, 0.6) is 0 Å². The topological polar surface area (TPSA) is 49.3 Å². The van der Waals surface area contributed by atoms with Crippen LogP contribution >= 0.6 is 11.6 Å². The number of aromatic nitrogens is 2. The second kappa shape index (κ2) is 9.20. The summed E-state index contributed by atoms with van der Waals surface area (Å²) in [5.74, 6) is 1.02. The quantitative estimate of drug-likeness (QED) is 0.422. The highest BCUT2D eigenvalue weighted by Crippen LogP contribution is 2.32. The molecule has 1 saturated heterocycles. The number of carbonyl (C=O) groups is 1. The lowest BCUT2D eigenvalue weighted by Gasteiger charge is -2.40. The van der Waals surface area contributed by atoms with Gasteiger partial charge in [0.2, 0.25) is 5.91 Å². The van der Waals surface area contributed by atoms with Crippen LogP contribution in [0.2, 0.25) is 5.02 Å². The first-order chi connectivity index (χ1) is 16.1. The average Bonchev–Trinajstić information content (AvgIpc) is 2.85. The monoisotopic (exact) mass is 456 g/mol. The Hall–Kier alpha value is -3.44. The van der Waals surface area contributed by atoms with Crippen molar-refractivity contribution in [2.45, 2.75) is 19.4 Å². The van der Waals surface area contributed by atoms with E-state index in [0.717, 1.165) is 46.5 Å². The summed E-state index contributed by atoms with van der Waals surface area (Å²) in [5.41, 5.74) is 2.92. The van der Waals surface area contributed by atoms with Gasteiger partial charge in [0.25, 0.3) is 0 Å². The number of hydrogen-bond donors (Lipinski definition) is 0. The van der Waals surface area contributed by atoms with Crippen LogP contribution in [0, 0.1) is 0 Å². The number of piperazine rings is 1. The van der Waals surface area contributed by atoms with Crippen LogP contribution in [0.3, 0.4) is 0 Å². The zero-order valence-corrected chi connectivity index (χ0v) is 19.2. The number of benzene rings is 3. The molecule has 3 aromatic carbocycles. The molecule has 33 heavy (non-hydrogen) atoms. The Morgan fingerprint density at radius 3 is 2.33 bits per heavy atom. The zero-order valence-electron chi connectivity index (χ0n) is 18.5. The van der Waals surface area contributed by atoms with Crippen molar-refractivity contribution < 1.29 is 4.79 Å². The van der Waals surface area contributed by atoms with Crippen molar-refractivity contribution in [1.82, 2.24) is 15.1 Å². The highest BCUT2D eigenvalue weighted by molar-refractivity contribution is 6.30. The van der Waals surface area contributed by atoms with Crippen LogP contribution in [-0.4, -0.2) is 46.7 Å². The second-order valence-electron chi connectivity index (χ2n) is 8.47. The van der Waals surface area contributed by atoms with Crippen LogP contribution in [0.4, 0.5) is 5.82 Å². The fourth-order valence-corrected chi connectivity index (χ4v) is 4.66. The highest BCUT2D eigenvalue weighted by Gasteiger charge is 2.29. The maximum Gasteiger partial charge on any atom is 0.227 e. The van der Waals surface area contributed by atoms with Crippen molar-refractivity contribution in [3.8, 4) is 11.3 Å². The van der Waals surface area contributed by atoms with E-state index in [9.17, 15) is 4.79 Å². The molecular formula is C27H25ClN4O. The molecule has 0 radical (unpaired) electrons. The molecule has 1 amide bonds. The van der Waals surface area contributed by atoms with Gasteiger partial charge in [-0.05, 0) is 24.6 Å². The van der Waals surface area contributed by atoms with Crippen molar-refractivity contribution in [3.05, 3.63) is 89.4 Å². The van der Waals surface area contributed by atoms with Crippen LogP contribution in [0.1, 0.15) is 12.5 Å². The maximum atomic E-state index is 13.0. The minimum absolute atomic E-state index is 0.0768. The van der Waals surface area contributed by atoms with Gasteiger partial charge in [-0.25, -0.2) is 0 Å². The molecule has 6 heteroatoms. The van der Waals surface area contributed by atoms with Crippen molar-refractivity contribution in [1.29, 1.82) is 0 Å². The number of carbonyl (C=O) groups excluding carboxylic acids is 1. The molecule has 1 aromatic heterocycles. The van der Waals surface area contributed by atoms with Gasteiger partial charge >= 0.3 is 0 Å². The van der Waals surface area contributed by atoms with Crippen molar-refractivity contribution in [2.75, 3.05) is 24.5 Å². The first-order valence-electron chi connectivity index (χ1n) is 11.2. The molecule has 4 aromatic rings. The molecule has 0 N–H and O–H groups in total. The number of anilines is 1. The molecule has 0 spiro atoms. The Labute approximate surface area is 198 Å². The van der Waals surface area contributed by atoms with Crippen molar-refractivity contribution in [3.63, 3.8) is 0 Å². The first kappa shape index (κ1) is 21.4.